The highest BCUT2D eigenvalue weighted by atomic mass is 35.5. The molecular weight excluding hydrogens is 284 g/mol. The molecule has 0 aliphatic carbocycles. The third-order valence-electron chi connectivity index (χ3n) is 3.92. The van der Waals surface area contributed by atoms with Crippen molar-refractivity contribution >= 4 is 22.9 Å². The molecule has 0 spiro atoms. The maximum Gasteiger partial charge on any atom is 0.0681 e. The molecule has 1 aromatic rings. The predicted octanol–water partition coefficient (Wildman–Crippen LogP) is 7.57. The average molecular weight is 315 g/mol. The summed E-state index contributed by atoms with van der Waals surface area (Å²) in [6.07, 6.45) is 13.6. The lowest BCUT2D eigenvalue weighted by Gasteiger charge is -2.08. The van der Waals surface area contributed by atoms with Crippen molar-refractivity contribution in [3.8, 4) is 0 Å². The molecule has 20 heavy (non-hydrogen) atoms. The fraction of sp³-hybridized carbons (Fsp3) is 0.778. The summed E-state index contributed by atoms with van der Waals surface area (Å²) in [7, 11) is 0. The topological polar surface area (TPSA) is 0 Å². The van der Waals surface area contributed by atoms with Crippen LogP contribution in [0, 0.1) is 13.8 Å². The summed E-state index contributed by atoms with van der Waals surface area (Å²) in [6, 6.07) is 2.26. The Balaban J connectivity index is 2.02. The normalized spacial score (nSPS) is 12.8. The van der Waals surface area contributed by atoms with Crippen LogP contribution >= 0.6 is 22.9 Å². The Morgan fingerprint density at radius 1 is 0.950 bits per heavy atom. The Morgan fingerprint density at radius 3 is 2.00 bits per heavy atom. The monoisotopic (exact) mass is 314 g/mol. The molecule has 0 nitrogen and oxygen atoms in total. The van der Waals surface area contributed by atoms with Crippen LogP contribution in [-0.4, -0.2) is 0 Å². The van der Waals surface area contributed by atoms with Gasteiger partial charge in [0, 0.05) is 9.75 Å². The van der Waals surface area contributed by atoms with Gasteiger partial charge in [0.1, 0.15) is 0 Å². The minimum Gasteiger partial charge on any atom is -0.144 e. The van der Waals surface area contributed by atoms with Gasteiger partial charge in [-0.25, -0.2) is 0 Å². The van der Waals surface area contributed by atoms with Crippen LogP contribution in [0.15, 0.2) is 6.07 Å². The molecule has 0 aliphatic heterocycles. The van der Waals surface area contributed by atoms with E-state index in [1.807, 2.05) is 11.3 Å². The van der Waals surface area contributed by atoms with Crippen molar-refractivity contribution in [2.75, 3.05) is 0 Å². The summed E-state index contributed by atoms with van der Waals surface area (Å²) in [5, 5.41) is 0.234. The van der Waals surface area contributed by atoms with Gasteiger partial charge in [0.2, 0.25) is 0 Å². The molecule has 1 heterocycles. The average Bonchev–Trinajstić information content (AvgIpc) is 2.75. The summed E-state index contributed by atoms with van der Waals surface area (Å²) < 4.78 is 0. The van der Waals surface area contributed by atoms with Crippen molar-refractivity contribution in [3.63, 3.8) is 0 Å². The quantitative estimate of drug-likeness (QED) is 0.292. The lowest BCUT2D eigenvalue weighted by atomic mass is 10.0. The Labute approximate surface area is 134 Å². The van der Waals surface area contributed by atoms with Crippen molar-refractivity contribution in [2.45, 2.75) is 90.4 Å². The van der Waals surface area contributed by atoms with Crippen molar-refractivity contribution in [2.24, 2.45) is 0 Å². The molecule has 1 unspecified atom stereocenters. The van der Waals surface area contributed by atoms with Gasteiger partial charge in [-0.05, 0) is 31.9 Å². The molecular formula is C18H31ClS. The largest absolute Gasteiger partial charge is 0.144 e. The number of hydrogen-bond acceptors (Lipinski definition) is 1. The fourth-order valence-electron chi connectivity index (χ4n) is 2.74. The van der Waals surface area contributed by atoms with E-state index < -0.39 is 0 Å². The number of hydrogen-bond donors (Lipinski definition) is 0. The SMILES string of the molecule is CCCCCCCCCCCC(Cl)c1sc(C)cc1C. The van der Waals surface area contributed by atoms with Crippen LogP contribution in [0.3, 0.4) is 0 Å². The minimum atomic E-state index is 0.234. The molecule has 0 fully saturated rings. The zero-order valence-corrected chi connectivity index (χ0v) is 15.1. The molecule has 0 saturated carbocycles. The van der Waals surface area contributed by atoms with Gasteiger partial charge >= 0.3 is 0 Å². The maximum atomic E-state index is 6.53. The van der Waals surface area contributed by atoms with Crippen molar-refractivity contribution in [1.29, 1.82) is 0 Å². The van der Waals surface area contributed by atoms with E-state index in [1.165, 1.54) is 73.1 Å². The number of alkyl halides is 1. The van der Waals surface area contributed by atoms with E-state index in [1.54, 1.807) is 0 Å². The van der Waals surface area contributed by atoms with E-state index in [0.717, 1.165) is 6.42 Å². The van der Waals surface area contributed by atoms with Gasteiger partial charge in [0.15, 0.2) is 0 Å². The zero-order chi connectivity index (χ0) is 14.8. The van der Waals surface area contributed by atoms with Crippen LogP contribution in [0.2, 0.25) is 0 Å². The summed E-state index contributed by atoms with van der Waals surface area (Å²) in [4.78, 5) is 2.78. The molecule has 2 heteroatoms. The first-order chi connectivity index (χ1) is 9.65. The fourth-order valence-corrected chi connectivity index (χ4v) is 4.24. The minimum absolute atomic E-state index is 0.234. The first-order valence-electron chi connectivity index (χ1n) is 8.36. The molecule has 0 N–H and O–H groups in total. The third kappa shape index (κ3) is 7.13. The Kier molecular flexibility index (Phi) is 9.63. The summed E-state index contributed by atoms with van der Waals surface area (Å²) in [5.74, 6) is 0. The predicted molar refractivity (Wildman–Crippen MR) is 94.2 cm³/mol. The van der Waals surface area contributed by atoms with E-state index in [-0.39, 0.29) is 5.38 Å². The second-order valence-electron chi connectivity index (χ2n) is 5.99. The van der Waals surface area contributed by atoms with Gasteiger partial charge in [0.05, 0.1) is 5.38 Å². The highest BCUT2D eigenvalue weighted by Gasteiger charge is 2.13. The summed E-state index contributed by atoms with van der Waals surface area (Å²) in [6.45, 7) is 6.63. The molecule has 1 atom stereocenters. The van der Waals surface area contributed by atoms with Gasteiger partial charge in [-0.2, -0.15) is 0 Å². The van der Waals surface area contributed by atoms with Crippen molar-refractivity contribution in [3.05, 3.63) is 21.4 Å². The van der Waals surface area contributed by atoms with Gasteiger partial charge in [0.25, 0.3) is 0 Å². The van der Waals surface area contributed by atoms with Gasteiger partial charge in [-0.1, -0.05) is 64.7 Å². The Hall–Kier alpha value is -0.0100. The molecule has 0 radical (unpaired) electrons. The zero-order valence-electron chi connectivity index (χ0n) is 13.5. The van der Waals surface area contributed by atoms with E-state index in [4.69, 9.17) is 11.6 Å². The Morgan fingerprint density at radius 2 is 1.50 bits per heavy atom. The van der Waals surface area contributed by atoms with Gasteiger partial charge in [-0.3, -0.25) is 0 Å². The number of halogens is 1. The maximum absolute atomic E-state index is 6.53. The van der Waals surface area contributed by atoms with Gasteiger partial charge < -0.3 is 0 Å². The van der Waals surface area contributed by atoms with Crippen molar-refractivity contribution in [1.82, 2.24) is 0 Å². The van der Waals surface area contributed by atoms with Crippen LogP contribution in [0.1, 0.15) is 91.8 Å². The smallest absolute Gasteiger partial charge is 0.0681 e. The van der Waals surface area contributed by atoms with Crippen molar-refractivity contribution < 1.29 is 0 Å². The second kappa shape index (κ2) is 10.7. The molecule has 116 valence electrons. The molecule has 1 aromatic heterocycles. The second-order valence-corrected chi connectivity index (χ2v) is 7.80. The van der Waals surface area contributed by atoms with Crippen LogP contribution in [0.25, 0.3) is 0 Å². The van der Waals surface area contributed by atoms with Crippen LogP contribution in [0.5, 0.6) is 0 Å². The van der Waals surface area contributed by atoms with E-state index in [2.05, 4.69) is 26.8 Å². The number of thiophene rings is 1. The lowest BCUT2D eigenvalue weighted by Crippen LogP contribution is -1.90. The number of rotatable bonds is 11. The van der Waals surface area contributed by atoms with Gasteiger partial charge in [-0.15, -0.1) is 22.9 Å². The summed E-state index contributed by atoms with van der Waals surface area (Å²) in [5.41, 5.74) is 1.38. The first-order valence-corrected chi connectivity index (χ1v) is 9.61. The number of aryl methyl sites for hydroxylation is 2. The Bertz CT molecular complexity index is 356. The van der Waals surface area contributed by atoms with E-state index in [0.29, 0.717) is 0 Å². The summed E-state index contributed by atoms with van der Waals surface area (Å²) >= 11 is 8.40. The van der Waals surface area contributed by atoms with Crippen LogP contribution in [-0.2, 0) is 0 Å². The molecule has 1 rings (SSSR count). The highest BCUT2D eigenvalue weighted by Crippen LogP contribution is 2.35. The molecule has 0 aliphatic rings. The van der Waals surface area contributed by atoms with Crippen LogP contribution < -0.4 is 0 Å². The van der Waals surface area contributed by atoms with E-state index >= 15 is 0 Å². The first kappa shape index (κ1) is 18.0. The highest BCUT2D eigenvalue weighted by molar-refractivity contribution is 7.12. The van der Waals surface area contributed by atoms with Crippen LogP contribution in [0.4, 0.5) is 0 Å². The molecule has 0 aromatic carbocycles. The molecule has 0 saturated heterocycles. The standard InChI is InChI=1S/C18H31ClS/c1-4-5-6-7-8-9-10-11-12-13-17(19)18-15(2)14-16(3)20-18/h14,17H,4-13H2,1-3H3. The lowest BCUT2D eigenvalue weighted by molar-refractivity contribution is 0.554. The molecule has 0 bridgehead atoms. The van der Waals surface area contributed by atoms with E-state index in [9.17, 15) is 0 Å². The molecule has 0 amide bonds. The third-order valence-corrected chi connectivity index (χ3v) is 5.76. The number of unbranched alkanes of at least 4 members (excludes halogenated alkanes) is 8.